The van der Waals surface area contributed by atoms with Crippen molar-refractivity contribution in [3.05, 3.63) is 34.9 Å². The first-order valence-electron chi connectivity index (χ1n) is 7.71. The van der Waals surface area contributed by atoms with Gasteiger partial charge in [-0.15, -0.1) is 0 Å². The standard InChI is InChI=1S/C18H28N2O2/c1-13-6-7-14(2)15(10-13)16(21)8-9-17(22)20(5)12-18(3,4)11-19/h6-7,10H,8-9,11-12,19H2,1-5H3. The molecule has 4 heteroatoms. The van der Waals surface area contributed by atoms with Crippen molar-refractivity contribution >= 4 is 11.7 Å². The average Bonchev–Trinajstić information content (AvgIpc) is 2.46. The summed E-state index contributed by atoms with van der Waals surface area (Å²) in [7, 11) is 1.77. The minimum absolute atomic E-state index is 0.0137. The van der Waals surface area contributed by atoms with E-state index in [0.29, 0.717) is 13.1 Å². The van der Waals surface area contributed by atoms with E-state index >= 15 is 0 Å². The van der Waals surface area contributed by atoms with Crippen molar-refractivity contribution in [3.63, 3.8) is 0 Å². The summed E-state index contributed by atoms with van der Waals surface area (Å²) < 4.78 is 0. The van der Waals surface area contributed by atoms with Gasteiger partial charge in [-0.2, -0.15) is 0 Å². The quantitative estimate of drug-likeness (QED) is 0.788. The molecule has 1 aromatic carbocycles. The summed E-state index contributed by atoms with van der Waals surface area (Å²) in [6.07, 6.45) is 0.486. The highest BCUT2D eigenvalue weighted by Gasteiger charge is 2.21. The second kappa shape index (κ2) is 7.54. The maximum Gasteiger partial charge on any atom is 0.222 e. The number of rotatable bonds is 7. The topological polar surface area (TPSA) is 63.4 Å². The molecule has 0 aliphatic heterocycles. The van der Waals surface area contributed by atoms with Crippen molar-refractivity contribution in [3.8, 4) is 0 Å². The van der Waals surface area contributed by atoms with Crippen molar-refractivity contribution < 1.29 is 9.59 Å². The maximum absolute atomic E-state index is 12.3. The number of nitrogens with two attached hydrogens (primary N) is 1. The van der Waals surface area contributed by atoms with Crippen LogP contribution in [0.4, 0.5) is 0 Å². The van der Waals surface area contributed by atoms with Gasteiger partial charge in [0, 0.05) is 32.0 Å². The number of aryl methyl sites for hydroxylation is 2. The van der Waals surface area contributed by atoms with Gasteiger partial charge >= 0.3 is 0 Å². The molecular weight excluding hydrogens is 276 g/mol. The number of carbonyl (C=O) groups excluding carboxylic acids is 2. The Hall–Kier alpha value is -1.68. The molecule has 1 rings (SSSR count). The van der Waals surface area contributed by atoms with Crippen LogP contribution in [0, 0.1) is 19.3 Å². The Morgan fingerprint density at radius 2 is 1.82 bits per heavy atom. The molecule has 0 fully saturated rings. The van der Waals surface area contributed by atoms with E-state index in [2.05, 4.69) is 0 Å². The number of hydrogen-bond donors (Lipinski definition) is 1. The summed E-state index contributed by atoms with van der Waals surface area (Å²) in [5.74, 6) is 0.0150. The normalized spacial score (nSPS) is 11.4. The lowest BCUT2D eigenvalue weighted by molar-refractivity contribution is -0.131. The zero-order valence-corrected chi connectivity index (χ0v) is 14.4. The molecule has 0 heterocycles. The summed E-state index contributed by atoms with van der Waals surface area (Å²) >= 11 is 0. The van der Waals surface area contributed by atoms with E-state index in [1.165, 1.54) is 0 Å². The summed E-state index contributed by atoms with van der Waals surface area (Å²) in [6.45, 7) is 9.05. The zero-order chi connectivity index (χ0) is 16.9. The molecule has 0 saturated carbocycles. The lowest BCUT2D eigenvalue weighted by Gasteiger charge is -2.29. The monoisotopic (exact) mass is 304 g/mol. The van der Waals surface area contributed by atoms with E-state index in [1.54, 1.807) is 11.9 Å². The molecular formula is C18H28N2O2. The van der Waals surface area contributed by atoms with Crippen molar-refractivity contribution in [2.75, 3.05) is 20.1 Å². The molecule has 0 aliphatic carbocycles. The number of amides is 1. The van der Waals surface area contributed by atoms with E-state index < -0.39 is 0 Å². The maximum atomic E-state index is 12.3. The van der Waals surface area contributed by atoms with Gasteiger partial charge in [0.15, 0.2) is 5.78 Å². The molecule has 1 aromatic rings. The van der Waals surface area contributed by atoms with Gasteiger partial charge in [0.1, 0.15) is 0 Å². The van der Waals surface area contributed by atoms with Crippen molar-refractivity contribution in [2.45, 2.75) is 40.5 Å². The van der Waals surface area contributed by atoms with Crippen LogP contribution in [0.2, 0.25) is 0 Å². The summed E-state index contributed by atoms with van der Waals surface area (Å²) in [5.41, 5.74) is 8.32. The third-order valence-corrected chi connectivity index (χ3v) is 3.90. The minimum atomic E-state index is -0.110. The van der Waals surface area contributed by atoms with Gasteiger partial charge in [-0.3, -0.25) is 9.59 Å². The third kappa shape index (κ3) is 5.26. The molecule has 22 heavy (non-hydrogen) atoms. The van der Waals surface area contributed by atoms with E-state index in [9.17, 15) is 9.59 Å². The Morgan fingerprint density at radius 1 is 1.18 bits per heavy atom. The minimum Gasteiger partial charge on any atom is -0.345 e. The molecule has 0 saturated heterocycles. The zero-order valence-electron chi connectivity index (χ0n) is 14.4. The van der Waals surface area contributed by atoms with Crippen LogP contribution in [0.25, 0.3) is 0 Å². The fraction of sp³-hybridized carbons (Fsp3) is 0.556. The molecule has 122 valence electrons. The van der Waals surface area contributed by atoms with Gasteiger partial charge in [0.05, 0.1) is 0 Å². The van der Waals surface area contributed by atoms with E-state index in [0.717, 1.165) is 16.7 Å². The van der Waals surface area contributed by atoms with Crippen molar-refractivity contribution in [1.29, 1.82) is 0 Å². The number of Topliss-reactive ketones (excluding diaryl/α,β-unsaturated/α-hetero) is 1. The second-order valence-electron chi connectivity index (χ2n) is 6.86. The van der Waals surface area contributed by atoms with Gasteiger partial charge < -0.3 is 10.6 Å². The largest absolute Gasteiger partial charge is 0.345 e. The van der Waals surface area contributed by atoms with Crippen molar-refractivity contribution in [2.24, 2.45) is 11.1 Å². The smallest absolute Gasteiger partial charge is 0.222 e. The number of nitrogens with zero attached hydrogens (tertiary/aromatic N) is 1. The Kier molecular flexibility index (Phi) is 6.30. The Morgan fingerprint density at radius 3 is 2.41 bits per heavy atom. The van der Waals surface area contributed by atoms with Gasteiger partial charge in [-0.1, -0.05) is 31.5 Å². The molecule has 2 N–H and O–H groups in total. The Bertz CT molecular complexity index is 550. The molecule has 0 spiro atoms. The van der Waals surface area contributed by atoms with Crippen LogP contribution in [0.15, 0.2) is 18.2 Å². The van der Waals surface area contributed by atoms with Crippen LogP contribution in [0.3, 0.4) is 0 Å². The molecule has 0 radical (unpaired) electrons. The lowest BCUT2D eigenvalue weighted by Crippen LogP contribution is -2.39. The SMILES string of the molecule is Cc1ccc(C)c(C(=O)CCC(=O)N(C)CC(C)(C)CN)c1. The van der Waals surface area contributed by atoms with Gasteiger partial charge in [-0.05, 0) is 37.4 Å². The number of hydrogen-bond acceptors (Lipinski definition) is 3. The van der Waals surface area contributed by atoms with Crippen LogP contribution in [0.5, 0.6) is 0 Å². The van der Waals surface area contributed by atoms with Crippen LogP contribution in [0.1, 0.15) is 48.2 Å². The average molecular weight is 304 g/mol. The van der Waals surface area contributed by atoms with Crippen LogP contribution in [-0.2, 0) is 4.79 Å². The Balaban J connectivity index is 2.60. The highest BCUT2D eigenvalue weighted by Crippen LogP contribution is 2.16. The molecule has 4 nitrogen and oxygen atoms in total. The lowest BCUT2D eigenvalue weighted by atomic mass is 9.93. The van der Waals surface area contributed by atoms with Crippen molar-refractivity contribution in [1.82, 2.24) is 4.90 Å². The van der Waals surface area contributed by atoms with E-state index in [4.69, 9.17) is 5.73 Å². The second-order valence-corrected chi connectivity index (χ2v) is 6.86. The molecule has 0 unspecified atom stereocenters. The first-order valence-corrected chi connectivity index (χ1v) is 7.71. The van der Waals surface area contributed by atoms with Gasteiger partial charge in [0.2, 0.25) is 5.91 Å². The summed E-state index contributed by atoms with van der Waals surface area (Å²) in [5, 5.41) is 0. The molecule has 0 bridgehead atoms. The van der Waals surface area contributed by atoms with E-state index in [-0.39, 0.29) is 29.9 Å². The van der Waals surface area contributed by atoms with Crippen LogP contribution < -0.4 is 5.73 Å². The van der Waals surface area contributed by atoms with Gasteiger partial charge in [-0.25, -0.2) is 0 Å². The predicted molar refractivity (Wildman–Crippen MR) is 90.0 cm³/mol. The molecule has 0 aromatic heterocycles. The van der Waals surface area contributed by atoms with Crippen LogP contribution in [-0.4, -0.2) is 36.7 Å². The van der Waals surface area contributed by atoms with Crippen LogP contribution >= 0.6 is 0 Å². The summed E-state index contributed by atoms with van der Waals surface area (Å²) in [6, 6.07) is 5.82. The highest BCUT2D eigenvalue weighted by molar-refractivity contribution is 5.99. The first kappa shape index (κ1) is 18.4. The Labute approximate surface area is 133 Å². The molecule has 0 aliphatic rings. The highest BCUT2D eigenvalue weighted by atomic mass is 16.2. The molecule has 1 amide bonds. The van der Waals surface area contributed by atoms with Gasteiger partial charge in [0.25, 0.3) is 0 Å². The third-order valence-electron chi connectivity index (χ3n) is 3.90. The fourth-order valence-electron chi connectivity index (χ4n) is 2.38. The fourth-order valence-corrected chi connectivity index (χ4v) is 2.38. The van der Waals surface area contributed by atoms with E-state index in [1.807, 2.05) is 45.9 Å². The number of ketones is 1. The summed E-state index contributed by atoms with van der Waals surface area (Å²) in [4.78, 5) is 26.1. The number of carbonyl (C=O) groups is 2. The number of benzene rings is 1. The molecule has 0 atom stereocenters. The predicted octanol–water partition coefficient (Wildman–Crippen LogP) is 2.71. The first-order chi connectivity index (χ1) is 10.2.